The maximum absolute atomic E-state index is 6.30. The Morgan fingerprint density at radius 1 is 1.21 bits per heavy atom. The molecule has 1 aliphatic carbocycles. The number of halogens is 1. The highest BCUT2D eigenvalue weighted by Gasteiger charge is 2.19. The van der Waals surface area contributed by atoms with Gasteiger partial charge in [0.15, 0.2) is 0 Å². The lowest BCUT2D eigenvalue weighted by molar-refractivity contribution is -0.00799. The normalized spacial score (nSPS) is 18.8. The third-order valence-corrected chi connectivity index (χ3v) is 4.35. The van der Waals surface area contributed by atoms with Gasteiger partial charge in [0.1, 0.15) is 5.75 Å². The van der Waals surface area contributed by atoms with Crippen LogP contribution in [0.1, 0.15) is 50.2 Å². The molecule has 0 bridgehead atoms. The molecule has 2 nitrogen and oxygen atoms in total. The van der Waals surface area contributed by atoms with Crippen LogP contribution in [0.4, 0.5) is 0 Å². The van der Waals surface area contributed by atoms with E-state index in [1.165, 1.54) is 44.1 Å². The van der Waals surface area contributed by atoms with Crippen molar-refractivity contribution < 1.29 is 9.47 Å². The number of rotatable bonds is 5. The van der Waals surface area contributed by atoms with Crippen molar-refractivity contribution >= 4 is 15.9 Å². The molecule has 1 saturated carbocycles. The van der Waals surface area contributed by atoms with Crippen molar-refractivity contribution in [2.75, 3.05) is 12.4 Å². The molecule has 1 atom stereocenters. The van der Waals surface area contributed by atoms with Gasteiger partial charge in [-0.2, -0.15) is 0 Å². The van der Waals surface area contributed by atoms with Crippen molar-refractivity contribution in [1.29, 1.82) is 0 Å². The zero-order chi connectivity index (χ0) is 13.5. The van der Waals surface area contributed by atoms with Crippen LogP contribution in [0.3, 0.4) is 0 Å². The molecule has 1 unspecified atom stereocenters. The first kappa shape index (κ1) is 14.9. The van der Waals surface area contributed by atoms with Crippen LogP contribution in [0.25, 0.3) is 0 Å². The molecule has 1 aromatic carbocycles. The molecule has 1 fully saturated rings. The second kappa shape index (κ2) is 7.91. The van der Waals surface area contributed by atoms with Crippen molar-refractivity contribution in [1.82, 2.24) is 0 Å². The number of hydrogen-bond acceptors (Lipinski definition) is 2. The largest absolute Gasteiger partial charge is 0.497 e. The molecule has 1 aromatic rings. The molecule has 3 heteroatoms. The van der Waals surface area contributed by atoms with E-state index in [1.807, 2.05) is 12.1 Å². The van der Waals surface area contributed by atoms with Gasteiger partial charge in [-0.05, 0) is 30.5 Å². The summed E-state index contributed by atoms with van der Waals surface area (Å²) in [6, 6.07) is 8.19. The summed E-state index contributed by atoms with van der Waals surface area (Å²) in [5.41, 5.74) is 1.19. The lowest BCUT2D eigenvalue weighted by Gasteiger charge is -2.23. The van der Waals surface area contributed by atoms with Gasteiger partial charge in [-0.3, -0.25) is 0 Å². The Balaban J connectivity index is 2.01. The minimum absolute atomic E-state index is 0.123. The lowest BCUT2D eigenvalue weighted by Crippen LogP contribution is -2.17. The van der Waals surface area contributed by atoms with E-state index in [0.29, 0.717) is 6.10 Å². The highest BCUT2D eigenvalue weighted by atomic mass is 79.9. The number of alkyl halides is 1. The minimum Gasteiger partial charge on any atom is -0.497 e. The number of hydrogen-bond donors (Lipinski definition) is 0. The van der Waals surface area contributed by atoms with E-state index in [-0.39, 0.29) is 6.10 Å². The number of methoxy groups -OCH3 is 1. The van der Waals surface area contributed by atoms with Gasteiger partial charge in [-0.15, -0.1) is 0 Å². The quantitative estimate of drug-likeness (QED) is 0.567. The Morgan fingerprint density at radius 2 is 1.95 bits per heavy atom. The third kappa shape index (κ3) is 4.50. The Kier molecular flexibility index (Phi) is 6.18. The van der Waals surface area contributed by atoms with E-state index in [1.54, 1.807) is 7.11 Å². The predicted octanol–water partition coefficient (Wildman–Crippen LogP) is 4.87. The molecular weight excluding hydrogens is 304 g/mol. The van der Waals surface area contributed by atoms with Crippen LogP contribution in [0.15, 0.2) is 24.3 Å². The molecule has 0 aliphatic heterocycles. The summed E-state index contributed by atoms with van der Waals surface area (Å²) < 4.78 is 11.6. The predicted molar refractivity (Wildman–Crippen MR) is 82.1 cm³/mol. The summed E-state index contributed by atoms with van der Waals surface area (Å²) in [4.78, 5) is 0. The second-order valence-electron chi connectivity index (χ2n) is 5.17. The monoisotopic (exact) mass is 326 g/mol. The molecule has 0 spiro atoms. The topological polar surface area (TPSA) is 18.5 Å². The van der Waals surface area contributed by atoms with Gasteiger partial charge in [-0.1, -0.05) is 53.7 Å². The van der Waals surface area contributed by atoms with E-state index in [4.69, 9.17) is 9.47 Å². The fraction of sp³-hybridized carbons (Fsp3) is 0.625. The highest BCUT2D eigenvalue weighted by molar-refractivity contribution is 9.09. The van der Waals surface area contributed by atoms with E-state index in [9.17, 15) is 0 Å². The molecule has 0 N–H and O–H groups in total. The molecule has 0 saturated heterocycles. The van der Waals surface area contributed by atoms with E-state index in [2.05, 4.69) is 28.1 Å². The first-order valence-corrected chi connectivity index (χ1v) is 8.31. The zero-order valence-corrected chi connectivity index (χ0v) is 13.2. The number of benzene rings is 1. The summed E-state index contributed by atoms with van der Waals surface area (Å²) in [5, 5.41) is 0.830. The molecule has 19 heavy (non-hydrogen) atoms. The third-order valence-electron chi connectivity index (χ3n) is 3.76. The second-order valence-corrected chi connectivity index (χ2v) is 5.82. The average molecular weight is 327 g/mol. The summed E-state index contributed by atoms with van der Waals surface area (Å²) in [5.74, 6) is 0.896. The van der Waals surface area contributed by atoms with Crippen LogP contribution >= 0.6 is 15.9 Å². The fourth-order valence-corrected chi connectivity index (χ4v) is 3.18. The van der Waals surface area contributed by atoms with E-state index < -0.39 is 0 Å². The average Bonchev–Trinajstić information content (AvgIpc) is 2.73. The van der Waals surface area contributed by atoms with Crippen LogP contribution in [0.2, 0.25) is 0 Å². The SMILES string of the molecule is COc1cccc(C(CBr)OC2CCCCCC2)c1. The maximum atomic E-state index is 6.30. The molecule has 106 valence electrons. The van der Waals surface area contributed by atoms with Crippen LogP contribution in [0.5, 0.6) is 5.75 Å². The van der Waals surface area contributed by atoms with Crippen molar-refractivity contribution in [2.45, 2.75) is 50.7 Å². The Labute approximate surface area is 124 Å². The van der Waals surface area contributed by atoms with Crippen molar-refractivity contribution in [3.05, 3.63) is 29.8 Å². The maximum Gasteiger partial charge on any atom is 0.119 e. The lowest BCUT2D eigenvalue weighted by atomic mass is 10.1. The van der Waals surface area contributed by atoms with Crippen LogP contribution < -0.4 is 4.74 Å². The zero-order valence-electron chi connectivity index (χ0n) is 11.6. The molecule has 0 heterocycles. The van der Waals surface area contributed by atoms with E-state index >= 15 is 0 Å². The standard InChI is InChI=1S/C16H23BrO2/c1-18-15-10-6-7-13(11-15)16(12-17)19-14-8-4-2-3-5-9-14/h6-7,10-11,14,16H,2-5,8-9,12H2,1H3. The summed E-state index contributed by atoms with van der Waals surface area (Å²) in [7, 11) is 1.70. The van der Waals surface area contributed by atoms with Crippen molar-refractivity contribution in [3.63, 3.8) is 0 Å². The summed E-state index contributed by atoms with van der Waals surface area (Å²) in [6.07, 6.45) is 8.27. The molecule has 0 radical (unpaired) electrons. The molecule has 1 aliphatic rings. The van der Waals surface area contributed by atoms with Gasteiger partial charge >= 0.3 is 0 Å². The van der Waals surface area contributed by atoms with Gasteiger partial charge in [0, 0.05) is 5.33 Å². The Morgan fingerprint density at radius 3 is 2.58 bits per heavy atom. The molecule has 0 aromatic heterocycles. The van der Waals surface area contributed by atoms with Gasteiger partial charge in [0.05, 0.1) is 19.3 Å². The first-order chi connectivity index (χ1) is 9.33. The van der Waals surface area contributed by atoms with Gasteiger partial charge in [0.2, 0.25) is 0 Å². The molecular formula is C16H23BrO2. The van der Waals surface area contributed by atoms with Crippen molar-refractivity contribution in [3.8, 4) is 5.75 Å². The summed E-state index contributed by atoms with van der Waals surface area (Å²) in [6.45, 7) is 0. The summed E-state index contributed by atoms with van der Waals surface area (Å²) >= 11 is 3.58. The highest BCUT2D eigenvalue weighted by Crippen LogP contribution is 2.29. The molecule has 2 rings (SSSR count). The number of ether oxygens (including phenoxy) is 2. The van der Waals surface area contributed by atoms with Crippen LogP contribution in [-0.4, -0.2) is 18.5 Å². The fourth-order valence-electron chi connectivity index (χ4n) is 2.66. The van der Waals surface area contributed by atoms with E-state index in [0.717, 1.165) is 11.1 Å². The van der Waals surface area contributed by atoms with Crippen LogP contribution in [-0.2, 0) is 4.74 Å². The van der Waals surface area contributed by atoms with Gasteiger partial charge in [-0.25, -0.2) is 0 Å². The van der Waals surface area contributed by atoms with Gasteiger partial charge in [0.25, 0.3) is 0 Å². The van der Waals surface area contributed by atoms with Crippen molar-refractivity contribution in [2.24, 2.45) is 0 Å². The smallest absolute Gasteiger partial charge is 0.119 e. The molecule has 0 amide bonds. The Bertz CT molecular complexity index is 373. The Hall–Kier alpha value is -0.540. The van der Waals surface area contributed by atoms with Crippen LogP contribution in [0, 0.1) is 0 Å². The first-order valence-electron chi connectivity index (χ1n) is 7.19. The minimum atomic E-state index is 0.123. The van der Waals surface area contributed by atoms with Gasteiger partial charge < -0.3 is 9.47 Å².